The van der Waals surface area contributed by atoms with Crippen LogP contribution in [0.15, 0.2) is 33.2 Å². The average molecular weight is 366 g/mol. The summed E-state index contributed by atoms with van der Waals surface area (Å²) in [6.07, 6.45) is 6.25. The molecule has 0 aliphatic heterocycles. The maximum absolute atomic E-state index is 5.65. The molecule has 5 heteroatoms. The van der Waals surface area contributed by atoms with Crippen LogP contribution in [0.5, 0.6) is 0 Å². The third-order valence-corrected chi connectivity index (χ3v) is 4.69. The third kappa shape index (κ3) is 4.09. The van der Waals surface area contributed by atoms with Crippen molar-refractivity contribution in [3.8, 4) is 0 Å². The van der Waals surface area contributed by atoms with E-state index in [1.807, 2.05) is 0 Å². The topological polar surface area (TPSA) is 64.9 Å². The minimum atomic E-state index is -0.0683. The van der Waals surface area contributed by atoms with Crippen LogP contribution in [0, 0.1) is 0 Å². The first kappa shape index (κ1) is 17.0. The Kier molecular flexibility index (Phi) is 6.00. The van der Waals surface area contributed by atoms with Crippen LogP contribution in [0.2, 0.25) is 0 Å². The fraction of sp³-hybridized carbons (Fsp3) is 0.529. The Labute approximate surface area is 140 Å². The molecule has 1 aromatic heterocycles. The molecule has 0 saturated heterocycles. The van der Waals surface area contributed by atoms with Crippen LogP contribution in [0.3, 0.4) is 0 Å². The molecule has 0 aliphatic carbocycles. The van der Waals surface area contributed by atoms with Crippen molar-refractivity contribution < 1.29 is 4.42 Å². The highest BCUT2D eigenvalue weighted by molar-refractivity contribution is 9.10. The van der Waals surface area contributed by atoms with Crippen LogP contribution in [0.25, 0.3) is 0 Å². The fourth-order valence-corrected chi connectivity index (χ4v) is 3.40. The smallest absolute Gasteiger partial charge is 0.312 e. The first-order chi connectivity index (χ1) is 10.6. The van der Waals surface area contributed by atoms with Gasteiger partial charge in [0.1, 0.15) is 0 Å². The second-order valence-corrected chi connectivity index (χ2v) is 6.77. The monoisotopic (exact) mass is 365 g/mol. The van der Waals surface area contributed by atoms with Gasteiger partial charge in [-0.3, -0.25) is 0 Å². The van der Waals surface area contributed by atoms with Crippen LogP contribution in [0.1, 0.15) is 57.4 Å². The lowest BCUT2D eigenvalue weighted by atomic mass is 9.74. The molecular formula is C17H24BrN3O. The first-order valence-electron chi connectivity index (χ1n) is 7.93. The Morgan fingerprint density at radius 2 is 1.68 bits per heavy atom. The van der Waals surface area contributed by atoms with Gasteiger partial charge in [-0.15, -0.1) is 5.10 Å². The molecule has 0 bridgehead atoms. The zero-order chi connectivity index (χ0) is 16.0. The average Bonchev–Trinajstić information content (AvgIpc) is 2.94. The van der Waals surface area contributed by atoms with Gasteiger partial charge in [-0.1, -0.05) is 59.9 Å². The van der Waals surface area contributed by atoms with Gasteiger partial charge in [0.2, 0.25) is 5.89 Å². The van der Waals surface area contributed by atoms with Crippen molar-refractivity contribution in [2.24, 2.45) is 0 Å². The summed E-state index contributed by atoms with van der Waals surface area (Å²) < 4.78 is 6.72. The largest absolute Gasteiger partial charge is 0.408 e. The summed E-state index contributed by atoms with van der Waals surface area (Å²) in [5.41, 5.74) is 6.90. The Bertz CT molecular complexity index is 574. The highest BCUT2D eigenvalue weighted by Crippen LogP contribution is 2.38. The molecule has 0 aliphatic rings. The highest BCUT2D eigenvalue weighted by atomic mass is 79.9. The highest BCUT2D eigenvalue weighted by Gasteiger charge is 2.35. The summed E-state index contributed by atoms with van der Waals surface area (Å²) in [4.78, 5) is 0. The molecule has 4 nitrogen and oxygen atoms in total. The zero-order valence-electron chi connectivity index (χ0n) is 13.3. The van der Waals surface area contributed by atoms with Crippen molar-refractivity contribution in [1.82, 2.24) is 10.2 Å². The predicted octanol–water partition coefficient (Wildman–Crippen LogP) is 4.89. The second-order valence-electron chi connectivity index (χ2n) is 5.85. The van der Waals surface area contributed by atoms with Gasteiger partial charge in [0.05, 0.1) is 0 Å². The van der Waals surface area contributed by atoms with E-state index < -0.39 is 0 Å². The summed E-state index contributed by atoms with van der Waals surface area (Å²) in [7, 11) is 0. The first-order valence-corrected chi connectivity index (χ1v) is 8.73. The van der Waals surface area contributed by atoms with Crippen molar-refractivity contribution >= 4 is 21.9 Å². The number of rotatable bonds is 8. The Balaban J connectivity index is 2.21. The van der Waals surface area contributed by atoms with Crippen LogP contribution < -0.4 is 5.73 Å². The molecule has 0 unspecified atom stereocenters. The molecule has 120 valence electrons. The van der Waals surface area contributed by atoms with Gasteiger partial charge in [0.25, 0.3) is 0 Å². The predicted molar refractivity (Wildman–Crippen MR) is 92.7 cm³/mol. The minimum Gasteiger partial charge on any atom is -0.408 e. The Hall–Kier alpha value is -1.36. The number of aryl methyl sites for hydroxylation is 1. The molecule has 0 fully saturated rings. The molecule has 22 heavy (non-hydrogen) atoms. The molecule has 0 saturated carbocycles. The van der Waals surface area contributed by atoms with Crippen LogP contribution in [0.4, 0.5) is 6.01 Å². The van der Waals surface area contributed by atoms with E-state index in [4.69, 9.17) is 10.2 Å². The van der Waals surface area contributed by atoms with Crippen LogP contribution in [-0.2, 0) is 11.8 Å². The number of halogens is 1. The minimum absolute atomic E-state index is 0.0683. The van der Waals surface area contributed by atoms with E-state index in [1.54, 1.807) is 0 Å². The van der Waals surface area contributed by atoms with E-state index in [0.29, 0.717) is 5.89 Å². The Morgan fingerprint density at radius 1 is 1.05 bits per heavy atom. The molecule has 0 radical (unpaired) electrons. The summed E-state index contributed by atoms with van der Waals surface area (Å²) in [5, 5.41) is 8.07. The molecule has 0 amide bonds. The van der Waals surface area contributed by atoms with E-state index in [9.17, 15) is 0 Å². The molecule has 0 atom stereocenters. The summed E-state index contributed by atoms with van der Waals surface area (Å²) >= 11 is 3.48. The van der Waals surface area contributed by atoms with Crippen molar-refractivity contribution in [2.45, 2.75) is 57.8 Å². The normalized spacial score (nSPS) is 11.8. The number of nitrogens with zero attached hydrogens (tertiary/aromatic N) is 2. The van der Waals surface area contributed by atoms with E-state index in [2.05, 4.69) is 64.2 Å². The molecule has 2 rings (SSSR count). The number of nitrogens with two attached hydrogens (primary N) is 1. The summed E-state index contributed by atoms with van der Waals surface area (Å²) in [6.45, 7) is 4.40. The van der Waals surface area contributed by atoms with Gasteiger partial charge < -0.3 is 10.2 Å². The van der Waals surface area contributed by atoms with Gasteiger partial charge >= 0.3 is 6.01 Å². The van der Waals surface area contributed by atoms with Crippen LogP contribution >= 0.6 is 15.9 Å². The molecule has 1 aromatic carbocycles. The van der Waals surface area contributed by atoms with Crippen molar-refractivity contribution in [3.63, 3.8) is 0 Å². The zero-order valence-corrected chi connectivity index (χ0v) is 14.9. The Morgan fingerprint density at radius 3 is 2.18 bits per heavy atom. The molecular weight excluding hydrogens is 342 g/mol. The quantitative estimate of drug-likeness (QED) is 0.723. The van der Waals surface area contributed by atoms with Gasteiger partial charge in [-0.2, -0.15) is 0 Å². The summed E-state index contributed by atoms with van der Waals surface area (Å²) in [5.74, 6) is 0.700. The number of anilines is 1. The van der Waals surface area contributed by atoms with Crippen molar-refractivity contribution in [3.05, 3.63) is 40.2 Å². The molecule has 0 spiro atoms. The number of aromatic nitrogens is 2. The van der Waals surface area contributed by atoms with Gasteiger partial charge in [-0.05, 0) is 43.4 Å². The lowest BCUT2D eigenvalue weighted by Gasteiger charge is -2.30. The van der Waals surface area contributed by atoms with E-state index >= 15 is 0 Å². The number of benzene rings is 1. The SMILES string of the molecule is CCCC(CCC)(CCc1ccc(Br)cc1)c1nnc(N)o1. The van der Waals surface area contributed by atoms with Crippen molar-refractivity contribution in [2.75, 3.05) is 5.73 Å². The third-order valence-electron chi connectivity index (χ3n) is 4.16. The maximum atomic E-state index is 5.65. The maximum Gasteiger partial charge on any atom is 0.312 e. The van der Waals surface area contributed by atoms with Crippen molar-refractivity contribution in [1.29, 1.82) is 0 Å². The fourth-order valence-electron chi connectivity index (χ4n) is 3.14. The lowest BCUT2D eigenvalue weighted by Crippen LogP contribution is -2.27. The number of hydrogen-bond donors (Lipinski definition) is 1. The van der Waals surface area contributed by atoms with Gasteiger partial charge in [0, 0.05) is 9.89 Å². The lowest BCUT2D eigenvalue weighted by molar-refractivity contribution is 0.261. The molecule has 1 heterocycles. The number of hydrogen-bond acceptors (Lipinski definition) is 4. The second kappa shape index (κ2) is 7.77. The van der Waals surface area contributed by atoms with E-state index in [-0.39, 0.29) is 11.4 Å². The molecule has 2 N–H and O–H groups in total. The van der Waals surface area contributed by atoms with E-state index in [0.717, 1.165) is 43.0 Å². The van der Waals surface area contributed by atoms with E-state index in [1.165, 1.54) is 5.56 Å². The van der Waals surface area contributed by atoms with Gasteiger partial charge in [0.15, 0.2) is 0 Å². The standard InChI is InChI=1S/C17H24BrN3O/c1-3-10-17(11-4-2,15-20-21-16(19)22-15)12-9-13-5-7-14(18)8-6-13/h5-8H,3-4,9-12H2,1-2H3,(H2,19,21). The molecule has 2 aromatic rings. The van der Waals surface area contributed by atoms with Gasteiger partial charge in [-0.25, -0.2) is 0 Å². The van der Waals surface area contributed by atoms with Crippen LogP contribution in [-0.4, -0.2) is 10.2 Å². The summed E-state index contributed by atoms with van der Waals surface area (Å²) in [6, 6.07) is 8.65. The number of nitrogen functional groups attached to an aromatic ring is 1.